The minimum absolute atomic E-state index is 0.00577. The Hall–Kier alpha value is -2.54. The van der Waals surface area contributed by atoms with Gasteiger partial charge in [0.25, 0.3) is 0 Å². The molecule has 0 aliphatic carbocycles. The highest BCUT2D eigenvalue weighted by Crippen LogP contribution is 2.41. The lowest BCUT2D eigenvalue weighted by Crippen LogP contribution is -2.26. The first kappa shape index (κ1) is 15.4. The Morgan fingerprint density at radius 3 is 2.65 bits per heavy atom. The quantitative estimate of drug-likeness (QED) is 0.673. The molecule has 0 spiro atoms. The van der Waals surface area contributed by atoms with Crippen LogP contribution in [0, 0.1) is 16.0 Å². The average molecular weight is 318 g/mol. The summed E-state index contributed by atoms with van der Waals surface area (Å²) in [5.74, 6) is 0.960. The van der Waals surface area contributed by atoms with Crippen LogP contribution >= 0.6 is 0 Å². The number of anilines is 1. The summed E-state index contributed by atoms with van der Waals surface area (Å²) in [4.78, 5) is 12.4. The number of methoxy groups -OCH3 is 1. The number of hydrogen-bond donors (Lipinski definition) is 1. The fourth-order valence-electron chi connectivity index (χ4n) is 3.10. The van der Waals surface area contributed by atoms with E-state index in [9.17, 15) is 15.2 Å². The van der Waals surface area contributed by atoms with E-state index < -0.39 is 4.92 Å². The van der Waals surface area contributed by atoms with Gasteiger partial charge in [0.05, 0.1) is 19.2 Å². The van der Waals surface area contributed by atoms with E-state index in [2.05, 4.69) is 4.90 Å². The van der Waals surface area contributed by atoms with Gasteiger partial charge < -0.3 is 19.2 Å². The number of hydrogen-bond acceptors (Lipinski definition) is 6. The van der Waals surface area contributed by atoms with Crippen LogP contribution in [0.2, 0.25) is 0 Å². The van der Waals surface area contributed by atoms with Crippen molar-refractivity contribution in [2.75, 3.05) is 25.2 Å². The number of rotatable bonds is 5. The lowest BCUT2D eigenvalue weighted by molar-refractivity contribution is -0.402. The topological polar surface area (TPSA) is 89.0 Å². The van der Waals surface area contributed by atoms with Crippen molar-refractivity contribution < 1.29 is 19.2 Å². The molecule has 1 saturated heterocycles. The summed E-state index contributed by atoms with van der Waals surface area (Å²) in [6, 6.07) is 10.3. The molecule has 7 heteroatoms. The molecule has 1 aromatic heterocycles. The van der Waals surface area contributed by atoms with Gasteiger partial charge in [0, 0.05) is 24.8 Å². The van der Waals surface area contributed by atoms with Crippen molar-refractivity contribution in [1.82, 2.24) is 0 Å². The zero-order chi connectivity index (χ0) is 16.4. The summed E-state index contributed by atoms with van der Waals surface area (Å²) in [6.07, 6.45) is 0.793. The first-order valence-corrected chi connectivity index (χ1v) is 7.39. The molecule has 1 aliphatic rings. The zero-order valence-electron chi connectivity index (χ0n) is 12.7. The van der Waals surface area contributed by atoms with Crippen molar-refractivity contribution in [1.29, 1.82) is 0 Å². The van der Waals surface area contributed by atoms with Crippen molar-refractivity contribution in [2.24, 2.45) is 5.92 Å². The van der Waals surface area contributed by atoms with Gasteiger partial charge in [0.1, 0.15) is 16.4 Å². The first-order chi connectivity index (χ1) is 11.1. The van der Waals surface area contributed by atoms with Gasteiger partial charge in [0.15, 0.2) is 0 Å². The minimum atomic E-state index is -0.551. The molecule has 2 aromatic rings. The van der Waals surface area contributed by atoms with E-state index in [0.717, 1.165) is 24.4 Å². The van der Waals surface area contributed by atoms with Gasteiger partial charge >= 0.3 is 5.88 Å². The second-order valence-corrected chi connectivity index (χ2v) is 5.50. The normalized spacial score (nSPS) is 20.7. The molecule has 23 heavy (non-hydrogen) atoms. The summed E-state index contributed by atoms with van der Waals surface area (Å²) in [6.45, 7) is 0.753. The van der Waals surface area contributed by atoms with Crippen LogP contribution in [-0.4, -0.2) is 30.3 Å². The summed E-state index contributed by atoms with van der Waals surface area (Å²) in [5, 5.41) is 20.5. The Balaban J connectivity index is 1.92. The van der Waals surface area contributed by atoms with Crippen LogP contribution in [-0.2, 0) is 0 Å². The average Bonchev–Trinajstić information content (AvgIpc) is 3.21. The van der Waals surface area contributed by atoms with Gasteiger partial charge in [-0.1, -0.05) is 0 Å². The van der Waals surface area contributed by atoms with E-state index in [-0.39, 0.29) is 24.5 Å². The number of benzene rings is 1. The molecule has 1 fully saturated rings. The largest absolute Gasteiger partial charge is 0.497 e. The molecule has 1 aromatic carbocycles. The summed E-state index contributed by atoms with van der Waals surface area (Å²) in [5.41, 5.74) is 0.964. The second kappa shape index (κ2) is 6.29. The lowest BCUT2D eigenvalue weighted by atomic mass is 9.99. The van der Waals surface area contributed by atoms with E-state index >= 15 is 0 Å². The molecular weight excluding hydrogens is 300 g/mol. The molecule has 0 amide bonds. The summed E-state index contributed by atoms with van der Waals surface area (Å²) < 4.78 is 10.5. The number of ether oxygens (including phenoxy) is 1. The fourth-order valence-corrected chi connectivity index (χ4v) is 3.10. The Kier molecular flexibility index (Phi) is 4.20. The predicted molar refractivity (Wildman–Crippen MR) is 83.6 cm³/mol. The molecule has 0 unspecified atom stereocenters. The second-order valence-electron chi connectivity index (χ2n) is 5.50. The summed E-state index contributed by atoms with van der Waals surface area (Å²) >= 11 is 0. The number of aliphatic hydroxyl groups excluding tert-OH is 1. The Labute approximate surface area is 133 Å². The Morgan fingerprint density at radius 2 is 2.09 bits per heavy atom. The van der Waals surface area contributed by atoms with Crippen LogP contribution in [0.5, 0.6) is 5.75 Å². The van der Waals surface area contributed by atoms with Gasteiger partial charge in [0.2, 0.25) is 0 Å². The van der Waals surface area contributed by atoms with E-state index in [1.165, 1.54) is 6.07 Å². The third-order valence-corrected chi connectivity index (χ3v) is 4.25. The Bertz CT molecular complexity index is 682. The van der Waals surface area contributed by atoms with Gasteiger partial charge in [-0.2, -0.15) is 0 Å². The highest BCUT2D eigenvalue weighted by Gasteiger charge is 2.38. The number of nitrogens with zero attached hydrogens (tertiary/aromatic N) is 2. The van der Waals surface area contributed by atoms with E-state index in [0.29, 0.717) is 5.76 Å². The highest BCUT2D eigenvalue weighted by atomic mass is 16.6. The molecule has 122 valence electrons. The highest BCUT2D eigenvalue weighted by molar-refractivity contribution is 5.52. The van der Waals surface area contributed by atoms with E-state index in [4.69, 9.17) is 9.15 Å². The van der Waals surface area contributed by atoms with Gasteiger partial charge in [-0.05, 0) is 36.8 Å². The molecule has 7 nitrogen and oxygen atoms in total. The van der Waals surface area contributed by atoms with Crippen LogP contribution in [0.25, 0.3) is 0 Å². The van der Waals surface area contributed by atoms with Crippen molar-refractivity contribution in [3.05, 3.63) is 52.3 Å². The maximum atomic E-state index is 10.8. The number of nitro groups is 1. The number of furan rings is 1. The number of aliphatic hydroxyl groups is 1. The van der Waals surface area contributed by atoms with Gasteiger partial charge in [-0.25, -0.2) is 0 Å². The van der Waals surface area contributed by atoms with Crippen LogP contribution in [0.15, 0.2) is 40.8 Å². The van der Waals surface area contributed by atoms with Crippen LogP contribution < -0.4 is 9.64 Å². The minimum Gasteiger partial charge on any atom is -0.497 e. The molecule has 1 aliphatic heterocycles. The van der Waals surface area contributed by atoms with E-state index in [1.54, 1.807) is 13.2 Å². The fraction of sp³-hybridized carbons (Fsp3) is 0.375. The van der Waals surface area contributed by atoms with E-state index in [1.807, 2.05) is 24.3 Å². The smallest absolute Gasteiger partial charge is 0.433 e. The first-order valence-electron chi connectivity index (χ1n) is 7.39. The van der Waals surface area contributed by atoms with Gasteiger partial charge in [-0.3, -0.25) is 10.1 Å². The molecular formula is C16H18N2O5. The summed E-state index contributed by atoms with van der Waals surface area (Å²) in [7, 11) is 1.61. The molecule has 0 saturated carbocycles. The van der Waals surface area contributed by atoms with Crippen LogP contribution in [0.4, 0.5) is 11.6 Å². The van der Waals surface area contributed by atoms with Crippen molar-refractivity contribution >= 4 is 11.6 Å². The van der Waals surface area contributed by atoms with Crippen LogP contribution in [0.3, 0.4) is 0 Å². The predicted octanol–water partition coefficient (Wildman–Crippen LogP) is 2.76. The molecule has 0 radical (unpaired) electrons. The monoisotopic (exact) mass is 318 g/mol. The zero-order valence-corrected chi connectivity index (χ0v) is 12.7. The van der Waals surface area contributed by atoms with Gasteiger partial charge in [-0.15, -0.1) is 0 Å². The standard InChI is InChI=1S/C16H18N2O5/c1-22-13-4-2-12(3-5-13)17-9-8-11(10-19)16(17)14-6-7-15(23-14)18(20)21/h2-7,11,16,19H,8-10H2,1H3/t11-,16+/m1/s1. The SMILES string of the molecule is COc1ccc(N2CC[C@H](CO)[C@H]2c2ccc([N+](=O)[O-])o2)cc1. The van der Waals surface area contributed by atoms with Crippen molar-refractivity contribution in [3.63, 3.8) is 0 Å². The maximum Gasteiger partial charge on any atom is 0.433 e. The lowest BCUT2D eigenvalue weighted by Gasteiger charge is -2.27. The molecule has 2 heterocycles. The van der Waals surface area contributed by atoms with Crippen LogP contribution in [0.1, 0.15) is 18.2 Å². The maximum absolute atomic E-state index is 10.8. The molecule has 3 rings (SSSR count). The molecule has 0 bridgehead atoms. The third-order valence-electron chi connectivity index (χ3n) is 4.25. The van der Waals surface area contributed by atoms with Crippen molar-refractivity contribution in [3.8, 4) is 5.75 Å². The van der Waals surface area contributed by atoms with Crippen molar-refractivity contribution in [2.45, 2.75) is 12.5 Å². The third kappa shape index (κ3) is 2.87. The Morgan fingerprint density at radius 1 is 1.35 bits per heavy atom. The molecule has 2 atom stereocenters. The molecule has 1 N–H and O–H groups in total.